The minimum Gasteiger partial charge on any atom is -0.454 e. The molecule has 1 aliphatic heterocycles. The molecule has 1 aliphatic rings. The van der Waals surface area contributed by atoms with E-state index in [2.05, 4.69) is 204 Å². The van der Waals surface area contributed by atoms with Gasteiger partial charge in [-0.15, -0.1) is 11.3 Å². The molecule has 11 rings (SSSR count). The molecule has 0 atom stereocenters. The molecule has 0 spiro atoms. The molecule has 2 aromatic heterocycles. The number of furan rings is 1. The van der Waals surface area contributed by atoms with E-state index in [0.717, 1.165) is 50.1 Å². The van der Waals surface area contributed by atoms with Crippen LogP contribution in [0.1, 0.15) is 11.1 Å². The second kappa shape index (κ2) is 14.5. The molecule has 0 unspecified atom stereocenters. The number of para-hydroxylation sites is 1. The van der Waals surface area contributed by atoms with E-state index >= 15 is 0 Å². The summed E-state index contributed by atoms with van der Waals surface area (Å²) in [4.78, 5) is 3.61. The Kier molecular flexibility index (Phi) is 8.58. The molecule has 10 aromatic rings. The smallest absolute Gasteiger partial charge is 0.159 e. The average Bonchev–Trinajstić information content (AvgIpc) is 4.08. The lowest BCUT2D eigenvalue weighted by molar-refractivity contribution is 0.134. The molecule has 0 aliphatic carbocycles. The molecule has 0 saturated carbocycles. The van der Waals surface area contributed by atoms with Crippen LogP contribution in [-0.4, -0.2) is 0 Å². The van der Waals surface area contributed by atoms with E-state index in [1.807, 2.05) is 0 Å². The first kappa shape index (κ1) is 34.3. The van der Waals surface area contributed by atoms with Gasteiger partial charge in [-0.3, -0.25) is 0 Å². The zero-order valence-corrected chi connectivity index (χ0v) is 32.5. The second-order valence-corrected chi connectivity index (χ2v) is 15.8. The number of thiophene rings is 1. The number of rotatable bonds is 8. The van der Waals surface area contributed by atoms with Gasteiger partial charge in [0.25, 0.3) is 0 Å². The highest BCUT2D eigenvalue weighted by Crippen LogP contribution is 2.45. The van der Waals surface area contributed by atoms with Crippen molar-refractivity contribution in [2.24, 2.45) is 0 Å². The molecule has 0 fully saturated rings. The maximum Gasteiger partial charge on any atom is 0.159 e. The zero-order chi connectivity index (χ0) is 38.4. The van der Waals surface area contributed by atoms with E-state index in [1.165, 1.54) is 54.9 Å². The fourth-order valence-corrected chi connectivity index (χ4v) is 9.14. The van der Waals surface area contributed by atoms with Crippen LogP contribution >= 0.6 is 11.3 Å². The minimum absolute atomic E-state index is 0.671. The van der Waals surface area contributed by atoms with Gasteiger partial charge in [0.2, 0.25) is 0 Å². The Balaban J connectivity index is 1.04. The van der Waals surface area contributed by atoms with E-state index < -0.39 is 0 Å². The first-order chi connectivity index (χ1) is 28.7. The van der Waals surface area contributed by atoms with E-state index in [4.69, 9.17) is 9.15 Å². The topological polar surface area (TPSA) is 25.6 Å². The molecule has 3 nitrogen and oxygen atoms in total. The summed E-state index contributed by atoms with van der Waals surface area (Å²) in [7, 11) is 0. The van der Waals surface area contributed by atoms with Gasteiger partial charge in [0.15, 0.2) is 5.58 Å². The number of hydrogen-bond acceptors (Lipinski definition) is 4. The molecule has 8 aromatic carbocycles. The van der Waals surface area contributed by atoms with Crippen molar-refractivity contribution in [3.8, 4) is 54.9 Å². The maximum absolute atomic E-state index is 6.86. The largest absolute Gasteiger partial charge is 0.454 e. The number of benzene rings is 8. The maximum atomic E-state index is 6.86. The van der Waals surface area contributed by atoms with E-state index in [1.54, 1.807) is 11.3 Å². The molecule has 276 valence electrons. The summed E-state index contributed by atoms with van der Waals surface area (Å²) in [6, 6.07) is 69.9. The Morgan fingerprint density at radius 3 is 1.90 bits per heavy atom. The molecular formula is C54H37NO2S. The molecule has 0 bridgehead atoms. The standard InChI is InChI=1S/C54H37NO2S/c1-2-9-38(10-3-1)47-13-4-5-14-48(47)42-26-29-52-50(33-42)49-15-7-16-51(54(49)57-52)55(45-27-24-37(25-28-45)41-22-23-43-34-56-35-44(43)31-41)46-12-6-11-40(32-46)36-18-20-39(21-19-36)53-17-8-30-58-53/h1-33H,34-35H2. The highest BCUT2D eigenvalue weighted by atomic mass is 32.1. The number of nitrogens with zero attached hydrogens (tertiary/aromatic N) is 1. The van der Waals surface area contributed by atoms with Gasteiger partial charge in [0.05, 0.1) is 18.9 Å². The summed E-state index contributed by atoms with van der Waals surface area (Å²) in [6.07, 6.45) is 0. The van der Waals surface area contributed by atoms with E-state index in [-0.39, 0.29) is 0 Å². The van der Waals surface area contributed by atoms with Crippen LogP contribution in [0.4, 0.5) is 17.1 Å². The normalized spacial score (nSPS) is 12.3. The molecule has 4 heteroatoms. The molecule has 3 heterocycles. The number of fused-ring (bicyclic) bond motifs is 4. The van der Waals surface area contributed by atoms with Crippen LogP contribution in [0.25, 0.3) is 76.9 Å². The second-order valence-electron chi connectivity index (χ2n) is 14.8. The summed E-state index contributed by atoms with van der Waals surface area (Å²) in [5, 5.41) is 4.29. The van der Waals surface area contributed by atoms with Gasteiger partial charge >= 0.3 is 0 Å². The summed E-state index contributed by atoms with van der Waals surface area (Å²) in [5.41, 5.74) is 18.0. The highest BCUT2D eigenvalue weighted by molar-refractivity contribution is 7.13. The van der Waals surface area contributed by atoms with Crippen LogP contribution in [0.5, 0.6) is 0 Å². The van der Waals surface area contributed by atoms with Crippen molar-refractivity contribution in [1.82, 2.24) is 0 Å². The van der Waals surface area contributed by atoms with Crippen LogP contribution in [-0.2, 0) is 18.0 Å². The third-order valence-electron chi connectivity index (χ3n) is 11.3. The van der Waals surface area contributed by atoms with Gasteiger partial charge in [-0.05, 0) is 121 Å². The highest BCUT2D eigenvalue weighted by Gasteiger charge is 2.21. The average molecular weight is 764 g/mol. The quantitative estimate of drug-likeness (QED) is 0.154. The van der Waals surface area contributed by atoms with Crippen LogP contribution in [0.2, 0.25) is 0 Å². The molecular weight excluding hydrogens is 727 g/mol. The molecule has 0 N–H and O–H groups in total. The van der Waals surface area contributed by atoms with Crippen LogP contribution in [0.15, 0.2) is 204 Å². The van der Waals surface area contributed by atoms with Crippen molar-refractivity contribution in [2.75, 3.05) is 4.90 Å². The first-order valence-electron chi connectivity index (χ1n) is 19.7. The first-order valence-corrected chi connectivity index (χ1v) is 20.6. The number of hydrogen-bond donors (Lipinski definition) is 0. The monoisotopic (exact) mass is 763 g/mol. The Labute approximate surface area is 341 Å². The van der Waals surface area contributed by atoms with Gasteiger partial charge in [-0.2, -0.15) is 0 Å². The number of ether oxygens (including phenoxy) is 1. The van der Waals surface area contributed by atoms with Gasteiger partial charge < -0.3 is 14.1 Å². The van der Waals surface area contributed by atoms with E-state index in [9.17, 15) is 0 Å². The predicted molar refractivity (Wildman–Crippen MR) is 242 cm³/mol. The number of anilines is 3. The molecule has 0 amide bonds. The fourth-order valence-electron chi connectivity index (χ4n) is 8.41. The summed E-state index contributed by atoms with van der Waals surface area (Å²) in [5.74, 6) is 0. The fraction of sp³-hybridized carbons (Fsp3) is 0.0370. The lowest BCUT2D eigenvalue weighted by atomic mass is 9.94. The van der Waals surface area contributed by atoms with Gasteiger partial charge in [0.1, 0.15) is 5.58 Å². The van der Waals surface area contributed by atoms with Gasteiger partial charge in [-0.1, -0.05) is 140 Å². The minimum atomic E-state index is 0.671. The van der Waals surface area contributed by atoms with Gasteiger partial charge in [-0.25, -0.2) is 0 Å². The molecule has 0 saturated heterocycles. The van der Waals surface area contributed by atoms with E-state index in [0.29, 0.717) is 13.2 Å². The Morgan fingerprint density at radius 2 is 1.09 bits per heavy atom. The zero-order valence-electron chi connectivity index (χ0n) is 31.6. The Bertz CT molecular complexity index is 3070. The lowest BCUT2D eigenvalue weighted by Gasteiger charge is -2.26. The predicted octanol–water partition coefficient (Wildman–Crippen LogP) is 15.5. The van der Waals surface area contributed by atoms with Crippen molar-refractivity contribution in [2.45, 2.75) is 13.2 Å². The van der Waals surface area contributed by atoms with Crippen molar-refractivity contribution < 1.29 is 9.15 Å². The summed E-state index contributed by atoms with van der Waals surface area (Å²) >= 11 is 1.76. The molecule has 58 heavy (non-hydrogen) atoms. The summed E-state index contributed by atoms with van der Waals surface area (Å²) in [6.45, 7) is 1.36. The van der Waals surface area contributed by atoms with Gasteiger partial charge in [0, 0.05) is 27.0 Å². The Morgan fingerprint density at radius 1 is 0.414 bits per heavy atom. The van der Waals surface area contributed by atoms with Crippen molar-refractivity contribution >= 4 is 50.3 Å². The van der Waals surface area contributed by atoms with Crippen LogP contribution in [0, 0.1) is 0 Å². The third-order valence-corrected chi connectivity index (χ3v) is 12.3. The third kappa shape index (κ3) is 6.20. The van der Waals surface area contributed by atoms with Crippen molar-refractivity contribution in [3.05, 3.63) is 211 Å². The van der Waals surface area contributed by atoms with Crippen molar-refractivity contribution in [3.63, 3.8) is 0 Å². The van der Waals surface area contributed by atoms with Crippen LogP contribution < -0.4 is 4.90 Å². The summed E-state index contributed by atoms with van der Waals surface area (Å²) < 4.78 is 12.6. The van der Waals surface area contributed by atoms with Crippen molar-refractivity contribution in [1.29, 1.82) is 0 Å². The Hall–Kier alpha value is -6.98. The SMILES string of the molecule is c1ccc(-c2ccccc2-c2ccc3oc4c(N(c5ccc(-c6ccc7c(c6)COC7)cc5)c5cccc(-c6ccc(-c7cccs7)cc6)c5)cccc4c3c2)cc1. The lowest BCUT2D eigenvalue weighted by Crippen LogP contribution is -2.10. The molecule has 0 radical (unpaired) electrons. The van der Waals surface area contributed by atoms with Crippen LogP contribution in [0.3, 0.4) is 0 Å².